The number of benzene rings is 1. The second kappa shape index (κ2) is 7.06. The van der Waals surface area contributed by atoms with Crippen LogP contribution in [0.1, 0.15) is 26.7 Å². The van der Waals surface area contributed by atoms with Crippen molar-refractivity contribution in [3.8, 4) is 0 Å². The lowest BCUT2D eigenvalue weighted by molar-refractivity contribution is -0.132. The molecule has 0 radical (unpaired) electrons. The minimum Gasteiger partial charge on any atom is -0.341 e. The van der Waals surface area contributed by atoms with E-state index in [1.807, 2.05) is 6.92 Å². The van der Waals surface area contributed by atoms with E-state index in [1.54, 1.807) is 29.2 Å². The molecule has 0 saturated heterocycles. The van der Waals surface area contributed by atoms with Crippen LogP contribution in [0.25, 0.3) is 10.8 Å². The molecule has 1 heterocycles. The lowest BCUT2D eigenvalue weighted by Gasteiger charge is -2.21. The van der Waals surface area contributed by atoms with Crippen LogP contribution < -0.4 is 11.1 Å². The fraction of sp³-hybridized carbons (Fsp3) is 0.438. The van der Waals surface area contributed by atoms with Crippen LogP contribution in [0, 0.1) is 0 Å². The maximum Gasteiger partial charge on any atom is 0.273 e. The zero-order valence-corrected chi connectivity index (χ0v) is 13.0. The van der Waals surface area contributed by atoms with Gasteiger partial charge in [0.1, 0.15) is 6.54 Å². The summed E-state index contributed by atoms with van der Waals surface area (Å²) in [6.45, 7) is 5.07. The average molecular weight is 303 g/mol. The van der Waals surface area contributed by atoms with Crippen molar-refractivity contribution in [3.63, 3.8) is 0 Å². The van der Waals surface area contributed by atoms with Gasteiger partial charge in [0.05, 0.1) is 10.8 Å². The number of fused-ring (bicyclic) bond motifs is 1. The first-order chi connectivity index (χ1) is 10.6. The van der Waals surface area contributed by atoms with E-state index >= 15 is 0 Å². The highest BCUT2D eigenvalue weighted by Gasteiger charge is 2.14. The Morgan fingerprint density at radius 3 is 2.50 bits per heavy atom. The smallest absolute Gasteiger partial charge is 0.273 e. The Labute approximate surface area is 128 Å². The van der Waals surface area contributed by atoms with Crippen molar-refractivity contribution >= 4 is 16.7 Å². The zero-order chi connectivity index (χ0) is 16.1. The molecule has 1 N–H and O–H groups in total. The van der Waals surface area contributed by atoms with Gasteiger partial charge < -0.3 is 4.90 Å². The van der Waals surface area contributed by atoms with Crippen LogP contribution in [0.2, 0.25) is 0 Å². The van der Waals surface area contributed by atoms with Crippen molar-refractivity contribution in [1.29, 1.82) is 0 Å². The third kappa shape index (κ3) is 3.27. The van der Waals surface area contributed by atoms with Gasteiger partial charge in [-0.05, 0) is 25.5 Å². The zero-order valence-electron chi connectivity index (χ0n) is 13.0. The van der Waals surface area contributed by atoms with E-state index in [0.29, 0.717) is 23.9 Å². The Balaban J connectivity index is 2.32. The highest BCUT2D eigenvalue weighted by Crippen LogP contribution is 2.03. The molecular formula is C16H21N3O3. The minimum absolute atomic E-state index is 0.142. The number of hydrogen-bond acceptors (Lipinski definition) is 3. The molecule has 2 rings (SSSR count). The van der Waals surface area contributed by atoms with Crippen LogP contribution in [0.3, 0.4) is 0 Å². The van der Waals surface area contributed by atoms with Gasteiger partial charge in [0.25, 0.3) is 11.1 Å². The molecule has 2 aromatic rings. The number of aromatic amines is 1. The van der Waals surface area contributed by atoms with Crippen molar-refractivity contribution in [2.75, 3.05) is 13.1 Å². The van der Waals surface area contributed by atoms with E-state index in [-0.39, 0.29) is 23.6 Å². The topological polar surface area (TPSA) is 75.2 Å². The van der Waals surface area contributed by atoms with Gasteiger partial charge in [-0.1, -0.05) is 25.5 Å². The quantitative estimate of drug-likeness (QED) is 0.875. The number of nitrogens with one attached hydrogen (secondary N) is 1. The number of carbonyl (C=O) groups excluding carboxylic acids is 1. The number of aromatic nitrogens is 2. The van der Waals surface area contributed by atoms with Gasteiger partial charge in [0.15, 0.2) is 0 Å². The summed E-state index contributed by atoms with van der Waals surface area (Å²) >= 11 is 0. The Morgan fingerprint density at radius 2 is 1.86 bits per heavy atom. The lowest BCUT2D eigenvalue weighted by Crippen LogP contribution is -2.39. The molecule has 118 valence electrons. The number of hydrogen-bond donors (Lipinski definition) is 1. The molecule has 6 nitrogen and oxygen atoms in total. The molecule has 0 unspecified atom stereocenters. The van der Waals surface area contributed by atoms with Crippen LogP contribution in [0.15, 0.2) is 33.9 Å². The number of amides is 1. The Kier molecular flexibility index (Phi) is 5.14. The largest absolute Gasteiger partial charge is 0.341 e. The molecule has 6 heteroatoms. The molecule has 0 spiro atoms. The van der Waals surface area contributed by atoms with Gasteiger partial charge in [0.2, 0.25) is 5.91 Å². The predicted molar refractivity (Wildman–Crippen MR) is 86.0 cm³/mol. The van der Waals surface area contributed by atoms with E-state index in [2.05, 4.69) is 12.0 Å². The lowest BCUT2D eigenvalue weighted by atomic mass is 10.2. The van der Waals surface area contributed by atoms with Gasteiger partial charge in [-0.3, -0.25) is 19.5 Å². The molecular weight excluding hydrogens is 282 g/mol. The molecule has 0 fully saturated rings. The summed E-state index contributed by atoms with van der Waals surface area (Å²) in [4.78, 5) is 38.4. The molecule has 0 saturated carbocycles. The second-order valence-corrected chi connectivity index (χ2v) is 5.20. The van der Waals surface area contributed by atoms with Gasteiger partial charge in [0, 0.05) is 13.1 Å². The van der Waals surface area contributed by atoms with Gasteiger partial charge in [-0.15, -0.1) is 0 Å². The maximum atomic E-state index is 12.4. The number of H-pyrrole nitrogens is 1. The number of nitrogens with zero attached hydrogens (tertiary/aromatic N) is 2. The van der Waals surface area contributed by atoms with E-state index in [1.165, 1.54) is 0 Å². The number of unbranched alkanes of at least 4 members (excludes halogenated alkanes) is 1. The maximum absolute atomic E-state index is 12.4. The monoisotopic (exact) mass is 303 g/mol. The Bertz CT molecular complexity index is 776. The summed E-state index contributed by atoms with van der Waals surface area (Å²) in [6.07, 6.45) is 1.92. The highest BCUT2D eigenvalue weighted by atomic mass is 16.2. The summed E-state index contributed by atoms with van der Waals surface area (Å²) in [7, 11) is 0. The van der Waals surface area contributed by atoms with Crippen molar-refractivity contribution in [2.45, 2.75) is 33.2 Å². The fourth-order valence-electron chi connectivity index (χ4n) is 2.40. The summed E-state index contributed by atoms with van der Waals surface area (Å²) in [5.41, 5.74) is -0.713. The first kappa shape index (κ1) is 16.0. The van der Waals surface area contributed by atoms with Gasteiger partial charge >= 0.3 is 0 Å². The van der Waals surface area contributed by atoms with Crippen molar-refractivity contribution in [2.24, 2.45) is 0 Å². The summed E-state index contributed by atoms with van der Waals surface area (Å²) in [5, 5.41) is 3.16. The molecule has 1 aromatic heterocycles. The second-order valence-electron chi connectivity index (χ2n) is 5.20. The molecule has 0 aliphatic heterocycles. The summed E-state index contributed by atoms with van der Waals surface area (Å²) in [5.74, 6) is -0.163. The van der Waals surface area contributed by atoms with E-state index in [4.69, 9.17) is 0 Å². The highest BCUT2D eigenvalue weighted by molar-refractivity contribution is 5.81. The average Bonchev–Trinajstić information content (AvgIpc) is 2.53. The van der Waals surface area contributed by atoms with Gasteiger partial charge in [-0.25, -0.2) is 4.68 Å². The SMILES string of the molecule is CCCCN(CC)C(=O)Cn1[nH]c(=O)c2ccccc2c1=O. The Morgan fingerprint density at radius 1 is 1.18 bits per heavy atom. The molecule has 0 bridgehead atoms. The van der Waals surface area contributed by atoms with E-state index in [9.17, 15) is 14.4 Å². The summed E-state index contributed by atoms with van der Waals surface area (Å²) < 4.78 is 1.10. The van der Waals surface area contributed by atoms with Crippen molar-refractivity contribution < 1.29 is 4.79 Å². The molecule has 1 amide bonds. The van der Waals surface area contributed by atoms with Crippen molar-refractivity contribution in [1.82, 2.24) is 14.7 Å². The first-order valence-corrected chi connectivity index (χ1v) is 7.58. The van der Waals surface area contributed by atoms with Crippen LogP contribution in [-0.2, 0) is 11.3 Å². The molecule has 0 aliphatic carbocycles. The van der Waals surface area contributed by atoms with Crippen LogP contribution >= 0.6 is 0 Å². The van der Waals surface area contributed by atoms with E-state index in [0.717, 1.165) is 17.5 Å². The summed E-state index contributed by atoms with van der Waals surface area (Å²) in [6, 6.07) is 6.61. The molecule has 0 aliphatic rings. The third-order valence-corrected chi connectivity index (χ3v) is 3.69. The van der Waals surface area contributed by atoms with Crippen LogP contribution in [0.4, 0.5) is 0 Å². The molecule has 0 atom stereocenters. The van der Waals surface area contributed by atoms with E-state index < -0.39 is 0 Å². The number of likely N-dealkylation sites (N-methyl/N-ethyl adjacent to an activating group) is 1. The van der Waals surface area contributed by atoms with Gasteiger partial charge in [-0.2, -0.15) is 0 Å². The first-order valence-electron chi connectivity index (χ1n) is 7.58. The Hall–Kier alpha value is -2.37. The molecule has 22 heavy (non-hydrogen) atoms. The number of rotatable bonds is 6. The van der Waals surface area contributed by atoms with Crippen LogP contribution in [0.5, 0.6) is 0 Å². The van der Waals surface area contributed by atoms with Crippen LogP contribution in [-0.4, -0.2) is 33.7 Å². The normalized spacial score (nSPS) is 10.8. The number of carbonyl (C=O) groups is 1. The predicted octanol–water partition coefficient (Wildman–Crippen LogP) is 1.34. The van der Waals surface area contributed by atoms with Crippen molar-refractivity contribution in [3.05, 3.63) is 45.0 Å². The fourth-order valence-corrected chi connectivity index (χ4v) is 2.40. The minimum atomic E-state index is -0.361. The standard InChI is InChI=1S/C16H21N3O3/c1-3-5-10-18(4-2)14(20)11-19-16(22)13-9-7-6-8-12(13)15(21)17-19/h6-9H,3-5,10-11H2,1-2H3,(H,17,21). The third-order valence-electron chi connectivity index (χ3n) is 3.69. The molecule has 1 aromatic carbocycles.